The smallest absolute Gasteiger partial charge is 0.268 e. The lowest BCUT2D eigenvalue weighted by atomic mass is 10.0. The fourth-order valence-corrected chi connectivity index (χ4v) is 10.4. The lowest BCUT2D eigenvalue weighted by Gasteiger charge is -2.30. The zero-order valence-electron chi connectivity index (χ0n) is 48.9. The van der Waals surface area contributed by atoms with Gasteiger partial charge in [-0.1, -0.05) is 295 Å². The highest BCUT2D eigenvalue weighted by atomic mass is 31.2. The summed E-state index contributed by atoms with van der Waals surface area (Å²) in [7, 11) is 1.32. The fourth-order valence-electron chi connectivity index (χ4n) is 9.72. The Morgan fingerprint density at radius 1 is 0.486 bits per heavy atom. The minimum absolute atomic E-state index is 0.0143. The Labute approximate surface area is 449 Å². The van der Waals surface area contributed by atoms with Gasteiger partial charge in [0.1, 0.15) is 13.2 Å². The number of unbranched alkanes of at least 4 members (excludes halogenated alkanes) is 42. The molecule has 0 bridgehead atoms. The van der Waals surface area contributed by atoms with Crippen LogP contribution in [0.3, 0.4) is 0 Å². The van der Waals surface area contributed by atoms with Crippen LogP contribution in [0.25, 0.3) is 0 Å². The lowest BCUT2D eigenvalue weighted by molar-refractivity contribution is -0.870. The van der Waals surface area contributed by atoms with E-state index in [9.17, 15) is 19.4 Å². The van der Waals surface area contributed by atoms with Gasteiger partial charge in [-0.3, -0.25) is 9.36 Å². The second-order valence-electron chi connectivity index (χ2n) is 23.1. The summed E-state index contributed by atoms with van der Waals surface area (Å²) in [6, 6.07) is -0.800. The number of carbonyl (C=O) groups excluding carboxylic acids is 1. The maximum absolute atomic E-state index is 13.0. The molecule has 0 aromatic heterocycles. The summed E-state index contributed by atoms with van der Waals surface area (Å²) in [6.45, 7) is 4.76. The molecule has 0 aliphatic carbocycles. The van der Waals surface area contributed by atoms with Crippen molar-refractivity contribution in [3.05, 3.63) is 24.3 Å². The number of aliphatic hydroxyl groups is 1. The third-order valence-corrected chi connectivity index (χ3v) is 15.7. The Morgan fingerprint density at radius 2 is 0.806 bits per heavy atom. The van der Waals surface area contributed by atoms with Crippen LogP contribution in [0.4, 0.5) is 0 Å². The number of carbonyl (C=O) groups is 1. The van der Waals surface area contributed by atoms with Crippen molar-refractivity contribution < 1.29 is 32.9 Å². The van der Waals surface area contributed by atoms with Gasteiger partial charge >= 0.3 is 0 Å². The van der Waals surface area contributed by atoms with Crippen LogP contribution in [0.5, 0.6) is 0 Å². The maximum Gasteiger partial charge on any atom is 0.268 e. The van der Waals surface area contributed by atoms with Crippen molar-refractivity contribution in [3.8, 4) is 0 Å². The van der Waals surface area contributed by atoms with Crippen LogP contribution in [0.15, 0.2) is 24.3 Å². The van der Waals surface area contributed by atoms with Gasteiger partial charge in [-0.05, 0) is 44.9 Å². The molecule has 0 aromatic carbocycles. The van der Waals surface area contributed by atoms with Gasteiger partial charge in [-0.15, -0.1) is 0 Å². The van der Waals surface area contributed by atoms with Crippen molar-refractivity contribution >= 4 is 13.7 Å². The largest absolute Gasteiger partial charge is 0.756 e. The van der Waals surface area contributed by atoms with Gasteiger partial charge in [-0.2, -0.15) is 0 Å². The van der Waals surface area contributed by atoms with Crippen molar-refractivity contribution in [2.75, 3.05) is 40.9 Å². The molecule has 0 saturated carbocycles. The molecule has 0 saturated heterocycles. The van der Waals surface area contributed by atoms with Crippen LogP contribution in [-0.2, 0) is 18.4 Å². The number of nitrogens with one attached hydrogen (secondary N) is 1. The molecule has 2 N–H and O–H groups in total. The molecule has 0 fully saturated rings. The summed E-state index contributed by atoms with van der Waals surface area (Å²) in [5.41, 5.74) is 0. The first-order chi connectivity index (χ1) is 35.0. The standard InChI is InChI=1S/C63H125N2O6P/c1-6-8-10-12-14-16-18-20-22-24-26-28-30-31-32-33-35-37-39-41-43-45-47-49-51-53-55-57-63(67)64-61(60-71-72(68,69)70-59-58-65(3,4)5)62(66)56-54-52-50-48-46-44-42-40-38-36-34-29-27-25-23-21-19-17-15-13-11-9-7-2/h18,20,24,26,61-62,66H,6-17,19,21-23,25,27-60H2,1-5H3,(H-,64,67,68,69)/b20-18-,26-24-. The van der Waals surface area contributed by atoms with Crippen LogP contribution in [0.2, 0.25) is 0 Å². The molecular weight excluding hydrogens is 912 g/mol. The minimum atomic E-state index is -4.57. The first kappa shape index (κ1) is 71.0. The Balaban J connectivity index is 4.08. The molecule has 0 aromatic rings. The number of aliphatic hydroxyl groups excluding tert-OH is 1. The third-order valence-electron chi connectivity index (χ3n) is 14.7. The van der Waals surface area contributed by atoms with Crippen molar-refractivity contribution in [2.24, 2.45) is 0 Å². The van der Waals surface area contributed by atoms with E-state index in [2.05, 4.69) is 43.5 Å². The van der Waals surface area contributed by atoms with Gasteiger partial charge in [0.05, 0.1) is 39.9 Å². The van der Waals surface area contributed by atoms with Gasteiger partial charge in [0.25, 0.3) is 7.82 Å². The molecular formula is C63H125N2O6P. The summed E-state index contributed by atoms with van der Waals surface area (Å²) in [6.07, 6.45) is 69.4. The van der Waals surface area contributed by atoms with E-state index in [4.69, 9.17) is 9.05 Å². The molecule has 0 rings (SSSR count). The summed E-state index contributed by atoms with van der Waals surface area (Å²) in [5, 5.41) is 14.1. The average molecular weight is 1040 g/mol. The number of hydrogen-bond donors (Lipinski definition) is 2. The number of phosphoric acid groups is 1. The van der Waals surface area contributed by atoms with Gasteiger partial charge in [0, 0.05) is 6.42 Å². The Bertz CT molecular complexity index is 1220. The maximum atomic E-state index is 13.0. The molecule has 0 radical (unpaired) electrons. The number of likely N-dealkylation sites (N-methyl/N-ethyl adjacent to an activating group) is 1. The monoisotopic (exact) mass is 1040 g/mol. The number of phosphoric ester groups is 1. The van der Waals surface area contributed by atoms with E-state index in [-0.39, 0.29) is 19.1 Å². The van der Waals surface area contributed by atoms with Crippen molar-refractivity contribution in [1.29, 1.82) is 0 Å². The predicted octanol–water partition coefficient (Wildman–Crippen LogP) is 18.9. The van der Waals surface area contributed by atoms with Crippen LogP contribution in [0.1, 0.15) is 322 Å². The average Bonchev–Trinajstić information content (AvgIpc) is 3.34. The molecule has 0 aliphatic rings. The Hall–Kier alpha value is -1.02. The highest BCUT2D eigenvalue weighted by Crippen LogP contribution is 2.38. The first-order valence-corrected chi connectivity index (χ1v) is 33.1. The van der Waals surface area contributed by atoms with Gasteiger partial charge in [0.2, 0.25) is 5.91 Å². The summed E-state index contributed by atoms with van der Waals surface area (Å²) in [5.74, 6) is -0.159. The molecule has 0 aliphatic heterocycles. The number of nitrogens with zero attached hydrogens (tertiary/aromatic N) is 1. The van der Waals surface area contributed by atoms with Crippen LogP contribution < -0.4 is 10.2 Å². The highest BCUT2D eigenvalue weighted by Gasteiger charge is 2.24. The second-order valence-corrected chi connectivity index (χ2v) is 24.5. The van der Waals surface area contributed by atoms with E-state index < -0.39 is 20.0 Å². The normalized spacial score (nSPS) is 13.9. The Morgan fingerprint density at radius 3 is 1.15 bits per heavy atom. The summed E-state index contributed by atoms with van der Waals surface area (Å²) >= 11 is 0. The molecule has 0 heterocycles. The lowest BCUT2D eigenvalue weighted by Crippen LogP contribution is -2.46. The van der Waals surface area contributed by atoms with Crippen LogP contribution >= 0.6 is 7.82 Å². The molecule has 3 atom stereocenters. The number of rotatable bonds is 59. The molecule has 0 spiro atoms. The van der Waals surface area contributed by atoms with E-state index in [1.807, 2.05) is 21.1 Å². The van der Waals surface area contributed by atoms with Gasteiger partial charge in [-0.25, -0.2) is 0 Å². The van der Waals surface area contributed by atoms with Gasteiger partial charge in [0.15, 0.2) is 0 Å². The zero-order chi connectivity index (χ0) is 52.7. The quantitative estimate of drug-likeness (QED) is 0.0272. The van der Waals surface area contributed by atoms with Gasteiger partial charge < -0.3 is 28.8 Å². The Kier molecular flexibility index (Phi) is 54.0. The number of quaternary nitrogens is 1. The molecule has 8 nitrogen and oxygen atoms in total. The summed E-state index contributed by atoms with van der Waals surface area (Å²) in [4.78, 5) is 25.6. The minimum Gasteiger partial charge on any atom is -0.756 e. The second kappa shape index (κ2) is 54.8. The summed E-state index contributed by atoms with van der Waals surface area (Å²) < 4.78 is 23.5. The topological polar surface area (TPSA) is 108 Å². The van der Waals surface area contributed by atoms with Crippen molar-refractivity contribution in [2.45, 2.75) is 334 Å². The van der Waals surface area contributed by atoms with Crippen LogP contribution in [0, 0.1) is 0 Å². The predicted molar refractivity (Wildman–Crippen MR) is 312 cm³/mol. The first-order valence-electron chi connectivity index (χ1n) is 31.7. The molecule has 9 heteroatoms. The number of hydrogen-bond acceptors (Lipinski definition) is 6. The number of allylic oxidation sites excluding steroid dienone is 4. The molecule has 428 valence electrons. The number of amides is 1. The van der Waals surface area contributed by atoms with Crippen LogP contribution in [-0.4, -0.2) is 68.5 Å². The third kappa shape index (κ3) is 56.7. The zero-order valence-corrected chi connectivity index (χ0v) is 49.8. The molecule has 1 amide bonds. The van der Waals surface area contributed by atoms with Crippen molar-refractivity contribution in [1.82, 2.24) is 5.32 Å². The molecule has 3 unspecified atom stereocenters. The van der Waals surface area contributed by atoms with E-state index >= 15 is 0 Å². The molecule has 72 heavy (non-hydrogen) atoms. The fraction of sp³-hybridized carbons (Fsp3) is 0.921. The van der Waals surface area contributed by atoms with Crippen molar-refractivity contribution in [3.63, 3.8) is 0 Å². The van der Waals surface area contributed by atoms with E-state index in [1.165, 1.54) is 250 Å². The SMILES string of the molecule is CCCCCCC/C=C\C/C=C\CCCCCCCCCCCCCCCCCC(=O)NC(COP(=O)([O-])OCC[N+](C)(C)C)C(O)CCCCCCCCCCCCCCCCCCCCCCCCC. The van der Waals surface area contributed by atoms with E-state index in [1.54, 1.807) is 0 Å². The van der Waals surface area contributed by atoms with E-state index in [0.717, 1.165) is 44.9 Å². The van der Waals surface area contributed by atoms with E-state index in [0.29, 0.717) is 23.9 Å². The highest BCUT2D eigenvalue weighted by molar-refractivity contribution is 7.45.